The Kier molecular flexibility index (Phi) is 2.91. The predicted octanol–water partition coefficient (Wildman–Crippen LogP) is 1.08. The molecule has 0 bridgehead atoms. The molecule has 19 heavy (non-hydrogen) atoms. The van der Waals surface area contributed by atoms with E-state index < -0.39 is 22.1 Å². The number of aromatic amines is 1. The number of benzene rings is 1. The third kappa shape index (κ3) is 2.10. The molecule has 1 heterocycles. The fourth-order valence-electron chi connectivity index (χ4n) is 1.71. The molecule has 8 nitrogen and oxygen atoms in total. The van der Waals surface area contributed by atoms with Crippen molar-refractivity contribution < 1.29 is 14.8 Å². The number of carboxylic acid groups (broad SMARTS) is 1. The van der Waals surface area contributed by atoms with Crippen molar-refractivity contribution in [2.45, 2.75) is 6.92 Å². The molecule has 0 aliphatic carbocycles. The van der Waals surface area contributed by atoms with Crippen LogP contribution in [0.25, 0.3) is 5.69 Å². The predicted molar refractivity (Wildman–Crippen MR) is 64.7 cm³/mol. The molecule has 0 amide bonds. The van der Waals surface area contributed by atoms with Crippen molar-refractivity contribution >= 4 is 11.7 Å². The minimum atomic E-state index is -1.15. The van der Waals surface area contributed by atoms with Crippen molar-refractivity contribution in [3.63, 3.8) is 0 Å². The van der Waals surface area contributed by atoms with Gasteiger partial charge in [0.15, 0.2) is 0 Å². The van der Waals surface area contributed by atoms with Crippen LogP contribution < -0.4 is 5.56 Å². The lowest BCUT2D eigenvalue weighted by Crippen LogP contribution is -2.17. The van der Waals surface area contributed by atoms with Gasteiger partial charge in [0, 0.05) is 0 Å². The van der Waals surface area contributed by atoms with Crippen molar-refractivity contribution in [2.75, 3.05) is 0 Å². The first-order valence-corrected chi connectivity index (χ1v) is 5.21. The summed E-state index contributed by atoms with van der Waals surface area (Å²) < 4.78 is 0.944. The molecule has 0 saturated carbocycles. The molecular formula is C11H9N3O5. The van der Waals surface area contributed by atoms with Gasteiger partial charge in [-0.1, -0.05) is 6.07 Å². The summed E-state index contributed by atoms with van der Waals surface area (Å²) in [5, 5.41) is 22.2. The van der Waals surface area contributed by atoms with Crippen LogP contribution in [-0.4, -0.2) is 25.8 Å². The molecule has 0 atom stereocenters. The number of nitro groups is 1. The molecule has 0 spiro atoms. The molecule has 1 aromatic heterocycles. The molecule has 1 aromatic carbocycles. The van der Waals surface area contributed by atoms with E-state index in [0.29, 0.717) is 0 Å². The fraction of sp³-hybridized carbons (Fsp3) is 0.0909. The number of rotatable bonds is 3. The topological polar surface area (TPSA) is 118 Å². The molecule has 0 aliphatic rings. The standard InChI is InChI=1S/C11H9N3O5/c1-6-9(14(18)19)10(15)13(12-6)8-4-2-3-7(5-8)11(16)17/h2-5,12H,1H3,(H,16,17). The highest BCUT2D eigenvalue weighted by Crippen LogP contribution is 2.14. The van der Waals surface area contributed by atoms with Crippen molar-refractivity contribution in [1.82, 2.24) is 9.78 Å². The number of nitrogens with zero attached hydrogens (tertiary/aromatic N) is 2. The summed E-state index contributed by atoms with van der Waals surface area (Å²) in [5.41, 5.74) is -1.07. The second-order valence-corrected chi connectivity index (χ2v) is 3.84. The zero-order valence-electron chi connectivity index (χ0n) is 9.78. The summed E-state index contributed by atoms with van der Waals surface area (Å²) in [5.74, 6) is -1.15. The highest BCUT2D eigenvalue weighted by Gasteiger charge is 2.22. The van der Waals surface area contributed by atoms with E-state index in [9.17, 15) is 19.7 Å². The molecule has 0 unspecified atom stereocenters. The SMILES string of the molecule is Cc1[nH]n(-c2cccc(C(=O)O)c2)c(=O)c1[N+](=O)[O-]. The molecule has 2 N–H and O–H groups in total. The van der Waals surface area contributed by atoms with Crippen LogP contribution in [0.1, 0.15) is 16.1 Å². The van der Waals surface area contributed by atoms with Gasteiger partial charge in [0.05, 0.1) is 16.2 Å². The smallest absolute Gasteiger partial charge is 0.356 e. The van der Waals surface area contributed by atoms with Crippen LogP contribution in [0.2, 0.25) is 0 Å². The quantitative estimate of drug-likeness (QED) is 0.634. The van der Waals surface area contributed by atoms with E-state index in [-0.39, 0.29) is 16.9 Å². The third-order valence-corrected chi connectivity index (χ3v) is 2.57. The highest BCUT2D eigenvalue weighted by molar-refractivity contribution is 5.88. The molecule has 2 aromatic rings. The first-order valence-electron chi connectivity index (χ1n) is 5.21. The van der Waals surface area contributed by atoms with Gasteiger partial charge in [0.2, 0.25) is 0 Å². The maximum atomic E-state index is 11.9. The van der Waals surface area contributed by atoms with E-state index in [2.05, 4.69) is 5.10 Å². The number of aromatic nitrogens is 2. The molecule has 0 fully saturated rings. The molecule has 0 saturated heterocycles. The lowest BCUT2D eigenvalue weighted by molar-refractivity contribution is -0.386. The minimum absolute atomic E-state index is 0.0145. The summed E-state index contributed by atoms with van der Waals surface area (Å²) in [6, 6.07) is 5.55. The summed E-state index contributed by atoms with van der Waals surface area (Å²) in [6.45, 7) is 1.40. The molecule has 0 radical (unpaired) electrons. The first kappa shape index (κ1) is 12.6. The Labute approximate surface area is 106 Å². The number of hydrogen-bond donors (Lipinski definition) is 2. The second kappa shape index (κ2) is 4.41. The monoisotopic (exact) mass is 263 g/mol. The van der Waals surface area contributed by atoms with Crippen LogP contribution in [0.3, 0.4) is 0 Å². The molecule has 98 valence electrons. The Balaban J connectivity index is 2.63. The molecule has 2 rings (SSSR count). The van der Waals surface area contributed by atoms with Crippen molar-refractivity contribution in [3.05, 3.63) is 56.0 Å². The Morgan fingerprint density at radius 3 is 2.68 bits per heavy atom. The maximum Gasteiger partial charge on any atom is 0.356 e. The van der Waals surface area contributed by atoms with Gasteiger partial charge in [0.1, 0.15) is 5.69 Å². The van der Waals surface area contributed by atoms with Gasteiger partial charge in [-0.3, -0.25) is 20.0 Å². The summed E-state index contributed by atoms with van der Waals surface area (Å²) in [4.78, 5) is 32.7. The third-order valence-electron chi connectivity index (χ3n) is 2.57. The lowest BCUT2D eigenvalue weighted by atomic mass is 10.2. The van der Waals surface area contributed by atoms with Crippen molar-refractivity contribution in [1.29, 1.82) is 0 Å². The lowest BCUT2D eigenvalue weighted by Gasteiger charge is -2.01. The summed E-state index contributed by atoms with van der Waals surface area (Å²) in [7, 11) is 0. The Bertz CT molecular complexity index is 728. The van der Waals surface area contributed by atoms with Crippen molar-refractivity contribution in [2.24, 2.45) is 0 Å². The number of H-pyrrole nitrogens is 1. The Morgan fingerprint density at radius 1 is 1.47 bits per heavy atom. The van der Waals surface area contributed by atoms with E-state index in [1.807, 2.05) is 0 Å². The van der Waals surface area contributed by atoms with Crippen LogP contribution in [0.5, 0.6) is 0 Å². The number of aromatic carboxylic acids is 1. The van der Waals surface area contributed by atoms with Crippen molar-refractivity contribution in [3.8, 4) is 5.69 Å². The highest BCUT2D eigenvalue weighted by atomic mass is 16.6. The van der Waals surface area contributed by atoms with Gasteiger partial charge in [0.25, 0.3) is 0 Å². The number of aryl methyl sites for hydroxylation is 1. The van der Waals surface area contributed by atoms with Crippen LogP contribution in [0.4, 0.5) is 5.69 Å². The van der Waals surface area contributed by atoms with Gasteiger partial charge in [-0.25, -0.2) is 9.48 Å². The van der Waals surface area contributed by atoms with Crippen LogP contribution in [0, 0.1) is 17.0 Å². The van der Waals surface area contributed by atoms with Crippen LogP contribution in [-0.2, 0) is 0 Å². The van der Waals surface area contributed by atoms with Gasteiger partial charge in [-0.05, 0) is 25.1 Å². The maximum absolute atomic E-state index is 11.9. The minimum Gasteiger partial charge on any atom is -0.478 e. The zero-order chi connectivity index (χ0) is 14.2. The van der Waals surface area contributed by atoms with E-state index in [0.717, 1.165) is 4.68 Å². The van der Waals surface area contributed by atoms with E-state index in [4.69, 9.17) is 5.11 Å². The van der Waals surface area contributed by atoms with Crippen LogP contribution >= 0.6 is 0 Å². The van der Waals surface area contributed by atoms with Gasteiger partial charge < -0.3 is 5.11 Å². The second-order valence-electron chi connectivity index (χ2n) is 3.84. The van der Waals surface area contributed by atoms with E-state index in [1.165, 1.54) is 31.2 Å². The molecular weight excluding hydrogens is 254 g/mol. The summed E-state index contributed by atoms with van der Waals surface area (Å²) in [6.07, 6.45) is 0. The Morgan fingerprint density at radius 2 is 2.16 bits per heavy atom. The number of carboxylic acids is 1. The zero-order valence-corrected chi connectivity index (χ0v) is 9.78. The Hall–Kier alpha value is -2.90. The summed E-state index contributed by atoms with van der Waals surface area (Å²) >= 11 is 0. The average molecular weight is 263 g/mol. The van der Waals surface area contributed by atoms with E-state index >= 15 is 0 Å². The van der Waals surface area contributed by atoms with Gasteiger partial charge in [-0.2, -0.15) is 0 Å². The largest absolute Gasteiger partial charge is 0.478 e. The van der Waals surface area contributed by atoms with Crippen LogP contribution in [0.15, 0.2) is 29.1 Å². The number of nitrogens with one attached hydrogen (secondary N) is 1. The normalized spacial score (nSPS) is 10.4. The molecule has 8 heteroatoms. The van der Waals surface area contributed by atoms with Gasteiger partial charge in [-0.15, -0.1) is 0 Å². The molecule has 0 aliphatic heterocycles. The van der Waals surface area contributed by atoms with E-state index in [1.54, 1.807) is 0 Å². The fourth-order valence-corrected chi connectivity index (χ4v) is 1.71. The van der Waals surface area contributed by atoms with Gasteiger partial charge >= 0.3 is 17.2 Å². The first-order chi connectivity index (χ1) is 8.91. The number of hydrogen-bond acceptors (Lipinski definition) is 4. The average Bonchev–Trinajstić information content (AvgIpc) is 2.65. The number of carbonyl (C=O) groups is 1.